The van der Waals surface area contributed by atoms with Gasteiger partial charge in [-0.2, -0.15) is 0 Å². The van der Waals surface area contributed by atoms with Crippen LogP contribution in [0.25, 0.3) is 0 Å². The van der Waals surface area contributed by atoms with Gasteiger partial charge < -0.3 is 15.0 Å². The molecule has 2 rings (SSSR count). The minimum atomic E-state index is -0.652. The Kier molecular flexibility index (Phi) is 4.49. The molecule has 0 amide bonds. The van der Waals surface area contributed by atoms with Gasteiger partial charge >= 0.3 is 0 Å². The van der Waals surface area contributed by atoms with E-state index in [1.54, 1.807) is 0 Å². The van der Waals surface area contributed by atoms with Crippen molar-refractivity contribution in [1.82, 2.24) is 10.2 Å². The van der Waals surface area contributed by atoms with Gasteiger partial charge in [-0.1, -0.05) is 0 Å². The highest BCUT2D eigenvalue weighted by Gasteiger charge is 2.13. The number of rotatable bonds is 4. The Hall–Kier alpha value is -1.20. The lowest BCUT2D eigenvalue weighted by molar-refractivity contribution is 0.243. The Bertz CT molecular complexity index is 406. The summed E-state index contributed by atoms with van der Waals surface area (Å²) >= 11 is 0. The molecule has 1 N–H and O–H groups in total. The zero-order valence-electron chi connectivity index (χ0n) is 10.5. The third-order valence-corrected chi connectivity index (χ3v) is 3.23. The molecular formula is C13H18F2N2O. The summed E-state index contributed by atoms with van der Waals surface area (Å²) in [5, 5.41) is 3.26. The molecule has 1 fully saturated rings. The van der Waals surface area contributed by atoms with Crippen molar-refractivity contribution in [2.24, 2.45) is 0 Å². The lowest BCUT2D eigenvalue weighted by atomic mass is 10.1. The van der Waals surface area contributed by atoms with Crippen LogP contribution in [0.2, 0.25) is 0 Å². The van der Waals surface area contributed by atoms with Crippen LogP contribution < -0.4 is 10.1 Å². The van der Waals surface area contributed by atoms with E-state index in [2.05, 4.69) is 10.2 Å². The number of halogens is 2. The first kappa shape index (κ1) is 13.2. The quantitative estimate of drug-likeness (QED) is 0.882. The van der Waals surface area contributed by atoms with Crippen molar-refractivity contribution in [3.05, 3.63) is 29.3 Å². The zero-order chi connectivity index (χ0) is 13.0. The predicted octanol–water partition coefficient (Wildman–Crippen LogP) is 1.42. The Morgan fingerprint density at radius 2 is 1.94 bits per heavy atom. The summed E-state index contributed by atoms with van der Waals surface area (Å²) in [5.74, 6) is -1.05. The van der Waals surface area contributed by atoms with E-state index in [4.69, 9.17) is 4.74 Å². The first-order valence-electron chi connectivity index (χ1n) is 6.15. The molecule has 0 spiro atoms. The molecule has 0 atom stereocenters. The molecule has 0 bridgehead atoms. The van der Waals surface area contributed by atoms with Crippen LogP contribution in [-0.4, -0.2) is 44.7 Å². The molecular weight excluding hydrogens is 238 g/mol. The second kappa shape index (κ2) is 6.11. The minimum Gasteiger partial charge on any atom is -0.494 e. The fourth-order valence-electron chi connectivity index (χ4n) is 2.13. The average Bonchev–Trinajstić information content (AvgIpc) is 2.39. The van der Waals surface area contributed by atoms with Crippen LogP contribution >= 0.6 is 0 Å². The molecule has 1 heterocycles. The van der Waals surface area contributed by atoms with E-state index in [1.807, 2.05) is 0 Å². The molecule has 18 heavy (non-hydrogen) atoms. The number of methoxy groups -OCH3 is 1. The Labute approximate surface area is 106 Å². The number of ether oxygens (including phenoxy) is 1. The molecule has 1 aromatic carbocycles. The van der Waals surface area contributed by atoms with E-state index in [-0.39, 0.29) is 5.75 Å². The van der Waals surface area contributed by atoms with Crippen molar-refractivity contribution in [2.45, 2.75) is 6.42 Å². The topological polar surface area (TPSA) is 24.5 Å². The van der Waals surface area contributed by atoms with Crippen molar-refractivity contribution in [2.75, 3.05) is 39.8 Å². The highest BCUT2D eigenvalue weighted by Crippen LogP contribution is 2.21. The standard InChI is InChI=1S/C13H18F2N2O/c1-18-13-8-10(11(14)9-12(13)15)2-5-17-6-3-16-4-7-17/h8-9,16H,2-7H2,1H3. The maximum atomic E-state index is 13.6. The van der Waals surface area contributed by atoms with Crippen LogP contribution in [0, 0.1) is 11.6 Å². The number of hydrogen-bond donors (Lipinski definition) is 1. The van der Waals surface area contributed by atoms with E-state index >= 15 is 0 Å². The van der Waals surface area contributed by atoms with Gasteiger partial charge in [0, 0.05) is 38.8 Å². The molecule has 0 unspecified atom stereocenters. The van der Waals surface area contributed by atoms with Crippen LogP contribution in [0.15, 0.2) is 12.1 Å². The van der Waals surface area contributed by atoms with Crippen molar-refractivity contribution >= 4 is 0 Å². The van der Waals surface area contributed by atoms with Crippen LogP contribution in [-0.2, 0) is 6.42 Å². The summed E-state index contributed by atoms with van der Waals surface area (Å²) in [6, 6.07) is 2.35. The fraction of sp³-hybridized carbons (Fsp3) is 0.538. The molecule has 5 heteroatoms. The van der Waals surface area contributed by atoms with Gasteiger partial charge in [0.2, 0.25) is 0 Å². The number of piperazine rings is 1. The van der Waals surface area contributed by atoms with Gasteiger partial charge in [0.25, 0.3) is 0 Å². The lowest BCUT2D eigenvalue weighted by Crippen LogP contribution is -2.44. The highest BCUT2D eigenvalue weighted by molar-refractivity contribution is 5.31. The predicted molar refractivity (Wildman–Crippen MR) is 65.9 cm³/mol. The first-order chi connectivity index (χ1) is 8.70. The highest BCUT2D eigenvalue weighted by atomic mass is 19.1. The minimum absolute atomic E-state index is 0.103. The number of nitrogens with one attached hydrogen (secondary N) is 1. The smallest absolute Gasteiger partial charge is 0.167 e. The third-order valence-electron chi connectivity index (χ3n) is 3.23. The summed E-state index contributed by atoms with van der Waals surface area (Å²) < 4.78 is 31.7. The normalized spacial score (nSPS) is 16.8. The van der Waals surface area contributed by atoms with Crippen LogP contribution in [0.4, 0.5) is 8.78 Å². The van der Waals surface area contributed by atoms with Crippen LogP contribution in [0.3, 0.4) is 0 Å². The van der Waals surface area contributed by atoms with Crippen molar-refractivity contribution in [3.8, 4) is 5.75 Å². The molecule has 0 aliphatic carbocycles. The Morgan fingerprint density at radius 3 is 2.61 bits per heavy atom. The van der Waals surface area contributed by atoms with E-state index in [1.165, 1.54) is 13.2 Å². The molecule has 0 aromatic heterocycles. The van der Waals surface area contributed by atoms with Gasteiger partial charge in [-0.15, -0.1) is 0 Å². The zero-order valence-corrected chi connectivity index (χ0v) is 10.5. The van der Waals surface area contributed by atoms with E-state index in [0.29, 0.717) is 12.0 Å². The van der Waals surface area contributed by atoms with E-state index in [9.17, 15) is 8.78 Å². The van der Waals surface area contributed by atoms with Gasteiger partial charge in [0.05, 0.1) is 7.11 Å². The molecule has 1 aromatic rings. The second-order valence-corrected chi connectivity index (χ2v) is 4.42. The molecule has 0 saturated carbocycles. The summed E-state index contributed by atoms with van der Waals surface area (Å²) in [7, 11) is 1.39. The Morgan fingerprint density at radius 1 is 1.22 bits per heavy atom. The maximum absolute atomic E-state index is 13.6. The number of nitrogens with zero attached hydrogens (tertiary/aromatic N) is 1. The fourth-order valence-corrected chi connectivity index (χ4v) is 2.13. The summed E-state index contributed by atoms with van der Waals surface area (Å²) in [4.78, 5) is 2.27. The van der Waals surface area contributed by atoms with E-state index in [0.717, 1.165) is 38.8 Å². The van der Waals surface area contributed by atoms with Gasteiger partial charge in [-0.25, -0.2) is 8.78 Å². The molecule has 0 radical (unpaired) electrons. The molecule has 3 nitrogen and oxygen atoms in total. The molecule has 100 valence electrons. The monoisotopic (exact) mass is 256 g/mol. The SMILES string of the molecule is COc1cc(CCN2CCNCC2)c(F)cc1F. The average molecular weight is 256 g/mol. The third kappa shape index (κ3) is 3.17. The molecule has 1 aliphatic rings. The van der Waals surface area contributed by atoms with Crippen LogP contribution in [0.5, 0.6) is 5.75 Å². The Balaban J connectivity index is 1.99. The van der Waals surface area contributed by atoms with Gasteiger partial charge in [0.1, 0.15) is 5.82 Å². The summed E-state index contributed by atoms with van der Waals surface area (Å²) in [6.07, 6.45) is 0.572. The molecule has 1 aliphatic heterocycles. The van der Waals surface area contributed by atoms with Gasteiger partial charge in [-0.05, 0) is 18.1 Å². The maximum Gasteiger partial charge on any atom is 0.167 e. The number of hydrogen-bond acceptors (Lipinski definition) is 3. The first-order valence-corrected chi connectivity index (χ1v) is 6.15. The van der Waals surface area contributed by atoms with Crippen molar-refractivity contribution < 1.29 is 13.5 Å². The molecule has 1 saturated heterocycles. The number of benzene rings is 1. The van der Waals surface area contributed by atoms with Crippen molar-refractivity contribution in [3.63, 3.8) is 0 Å². The summed E-state index contributed by atoms with van der Waals surface area (Å²) in [5.41, 5.74) is 0.506. The van der Waals surface area contributed by atoms with E-state index < -0.39 is 11.6 Å². The second-order valence-electron chi connectivity index (χ2n) is 4.42. The lowest BCUT2D eigenvalue weighted by Gasteiger charge is -2.27. The van der Waals surface area contributed by atoms with Crippen LogP contribution in [0.1, 0.15) is 5.56 Å². The van der Waals surface area contributed by atoms with Gasteiger partial charge in [-0.3, -0.25) is 0 Å². The summed E-state index contributed by atoms with van der Waals surface area (Å²) in [6.45, 7) is 4.66. The van der Waals surface area contributed by atoms with Crippen molar-refractivity contribution in [1.29, 1.82) is 0 Å². The largest absolute Gasteiger partial charge is 0.494 e. The van der Waals surface area contributed by atoms with Gasteiger partial charge in [0.15, 0.2) is 11.6 Å².